The van der Waals surface area contributed by atoms with Crippen LogP contribution in [0.5, 0.6) is 0 Å². The van der Waals surface area contributed by atoms with Crippen molar-refractivity contribution < 1.29 is 0 Å². The molecular weight excluding hydrogens is 1320 g/mol. The fourth-order valence-corrected chi connectivity index (χ4v) is 13.1. The molecule has 10 heteroatoms. The van der Waals surface area contributed by atoms with E-state index in [1.807, 2.05) is 170 Å². The van der Waals surface area contributed by atoms with Crippen LogP contribution < -0.4 is 0 Å². The van der Waals surface area contributed by atoms with Crippen LogP contribution in [0.25, 0.3) is 181 Å². The van der Waals surface area contributed by atoms with Gasteiger partial charge in [-0.25, -0.2) is 49.8 Å². The Kier molecular flexibility index (Phi) is 19.1. The molecule has 0 fully saturated rings. The monoisotopic (exact) mass is 1380 g/mol. The van der Waals surface area contributed by atoms with Gasteiger partial charge in [0.05, 0.1) is 22.8 Å². The first kappa shape index (κ1) is 66.5. The molecule has 0 radical (unpaired) electrons. The maximum atomic E-state index is 5.04. The van der Waals surface area contributed by atoms with Gasteiger partial charge in [0, 0.05) is 66.8 Å². The minimum Gasteiger partial charge on any atom is -0.228 e. The van der Waals surface area contributed by atoms with Crippen molar-refractivity contribution in [1.29, 1.82) is 0 Å². The summed E-state index contributed by atoms with van der Waals surface area (Å²) in [6.07, 6.45) is 0. The van der Waals surface area contributed by atoms with Crippen LogP contribution in [0.4, 0.5) is 0 Å². The Labute approximate surface area is 627 Å². The Bertz CT molecular complexity index is 5990. The molecule has 0 bridgehead atoms. The molecule has 0 saturated carbocycles. The average Bonchev–Trinajstić information content (AvgIpc) is 0.801. The number of hydrogen-bond donors (Lipinski definition) is 0. The second-order valence-corrected chi connectivity index (χ2v) is 25.9. The normalized spacial score (nSPS) is 11.0. The minimum absolute atomic E-state index is 0.618. The van der Waals surface area contributed by atoms with Crippen LogP contribution in [0.3, 0.4) is 0 Å². The maximum absolute atomic E-state index is 5.04. The third kappa shape index (κ3) is 15.2. The second kappa shape index (κ2) is 31.1. The summed E-state index contributed by atoms with van der Waals surface area (Å²) in [7, 11) is 0. The molecule has 10 nitrogen and oxygen atoms in total. The number of benzene rings is 14. The zero-order valence-corrected chi connectivity index (χ0v) is 58.6. The lowest BCUT2D eigenvalue weighted by Gasteiger charge is -2.11. The molecule has 0 amide bonds. The third-order valence-corrected chi connectivity index (χ3v) is 18.7. The number of aromatic nitrogens is 10. The van der Waals surface area contributed by atoms with Gasteiger partial charge in [-0.3, -0.25) is 0 Å². The molecule has 18 rings (SSSR count). The highest BCUT2D eigenvalue weighted by Crippen LogP contribution is 2.37. The lowest BCUT2D eigenvalue weighted by molar-refractivity contribution is 1.07. The molecule has 0 aliphatic heterocycles. The summed E-state index contributed by atoms with van der Waals surface area (Å²) in [5, 5.41) is 0. The van der Waals surface area contributed by atoms with Gasteiger partial charge >= 0.3 is 0 Å². The standard InChI is InChI=1S/2C49H33N5/c1-5-15-34(16-6-1)41-24-14-26-43(32-41)49-53-47(38-21-11-4-12-22-38)52-48(54-49)39-29-27-35(28-30-39)40-23-13-25-42(31-40)45-33-44(36-17-7-2-8-18-36)50-46(51-45)37-19-9-3-10-20-37;1-5-14-34(15-6-1)35-24-28-40(29-25-35)48-52-47(39-20-11-4-12-21-39)53-49(54-48)41-30-26-36(27-31-41)42-22-13-23-43(32-42)45-33-44(37-16-7-2-8-17-37)50-46(51-45)38-18-9-3-10-19-38/h2*1-33H. The highest BCUT2D eigenvalue weighted by atomic mass is 15.0. The summed E-state index contributed by atoms with van der Waals surface area (Å²) in [4.78, 5) is 49.8. The fraction of sp³-hybridized carbons (Fsp3) is 0. The van der Waals surface area contributed by atoms with Gasteiger partial charge in [-0.05, 0) is 74.8 Å². The summed E-state index contributed by atoms with van der Waals surface area (Å²) >= 11 is 0. The molecule has 0 aliphatic carbocycles. The van der Waals surface area contributed by atoms with Crippen molar-refractivity contribution >= 4 is 0 Å². The summed E-state index contributed by atoms with van der Waals surface area (Å²) in [5.41, 5.74) is 24.0. The predicted octanol–water partition coefficient (Wildman–Crippen LogP) is 24.0. The Balaban J connectivity index is 0.000000158. The maximum Gasteiger partial charge on any atom is 0.164 e. The minimum atomic E-state index is 0.618. The molecule has 14 aromatic carbocycles. The van der Waals surface area contributed by atoms with Crippen molar-refractivity contribution in [2.24, 2.45) is 0 Å². The smallest absolute Gasteiger partial charge is 0.164 e. The lowest BCUT2D eigenvalue weighted by Crippen LogP contribution is -2.00. The van der Waals surface area contributed by atoms with E-state index >= 15 is 0 Å². The molecule has 108 heavy (non-hydrogen) atoms. The fourth-order valence-electron chi connectivity index (χ4n) is 13.1. The Morgan fingerprint density at radius 3 is 0.537 bits per heavy atom. The van der Waals surface area contributed by atoms with E-state index in [0.29, 0.717) is 46.6 Å². The van der Waals surface area contributed by atoms with Crippen LogP contribution >= 0.6 is 0 Å². The Morgan fingerprint density at radius 1 is 0.0926 bits per heavy atom. The molecule has 18 aromatic rings. The van der Waals surface area contributed by atoms with Crippen LogP contribution in [-0.2, 0) is 0 Å². The van der Waals surface area contributed by atoms with Crippen LogP contribution in [0.1, 0.15) is 0 Å². The number of nitrogens with zero attached hydrogens (tertiary/aromatic N) is 10. The SMILES string of the molecule is c1ccc(-c2ccc(-c3nc(-c4ccccc4)nc(-c4ccc(-c5cccc(-c6cc(-c7ccccc7)nc(-c7ccccc7)n6)c5)cc4)n3)cc2)cc1.c1ccc(-c2cccc(-c3nc(-c4ccccc4)nc(-c4ccc(-c5cccc(-c6cc(-c7ccccc7)nc(-c7ccccc7)n6)c5)cc4)n3)c2)cc1. The van der Waals surface area contributed by atoms with Crippen molar-refractivity contribution in [2.45, 2.75) is 0 Å². The van der Waals surface area contributed by atoms with E-state index in [4.69, 9.17) is 49.8 Å². The van der Waals surface area contributed by atoms with Gasteiger partial charge < -0.3 is 0 Å². The Morgan fingerprint density at radius 2 is 0.250 bits per heavy atom. The molecule has 0 N–H and O–H groups in total. The highest BCUT2D eigenvalue weighted by Gasteiger charge is 2.19. The van der Waals surface area contributed by atoms with Crippen molar-refractivity contribution in [3.8, 4) is 181 Å². The van der Waals surface area contributed by atoms with Gasteiger partial charge in [0.25, 0.3) is 0 Å². The average molecular weight is 1380 g/mol. The Hall–Kier alpha value is -14.7. The predicted molar refractivity (Wildman–Crippen MR) is 438 cm³/mol. The van der Waals surface area contributed by atoms with Crippen LogP contribution in [0.15, 0.2) is 400 Å². The first-order chi connectivity index (χ1) is 53.5. The largest absolute Gasteiger partial charge is 0.228 e. The van der Waals surface area contributed by atoms with Gasteiger partial charge in [-0.15, -0.1) is 0 Å². The van der Waals surface area contributed by atoms with Crippen molar-refractivity contribution in [3.05, 3.63) is 400 Å². The summed E-state index contributed by atoms with van der Waals surface area (Å²) < 4.78 is 0. The molecule has 508 valence electrons. The van der Waals surface area contributed by atoms with Crippen LogP contribution in [0.2, 0.25) is 0 Å². The van der Waals surface area contributed by atoms with Gasteiger partial charge in [0.1, 0.15) is 0 Å². The third-order valence-electron chi connectivity index (χ3n) is 18.7. The van der Waals surface area contributed by atoms with Gasteiger partial charge in [0.15, 0.2) is 46.6 Å². The molecule has 0 aliphatic rings. The van der Waals surface area contributed by atoms with Crippen molar-refractivity contribution in [1.82, 2.24) is 49.8 Å². The van der Waals surface area contributed by atoms with E-state index in [1.165, 1.54) is 5.56 Å². The zero-order valence-electron chi connectivity index (χ0n) is 58.6. The first-order valence-electron chi connectivity index (χ1n) is 35.8. The number of rotatable bonds is 16. The molecule has 0 spiro atoms. The topological polar surface area (TPSA) is 129 Å². The van der Waals surface area contributed by atoms with E-state index in [9.17, 15) is 0 Å². The highest BCUT2D eigenvalue weighted by molar-refractivity contribution is 5.81. The second-order valence-electron chi connectivity index (χ2n) is 25.9. The van der Waals surface area contributed by atoms with Crippen molar-refractivity contribution in [2.75, 3.05) is 0 Å². The van der Waals surface area contributed by atoms with Gasteiger partial charge in [-0.2, -0.15) is 0 Å². The van der Waals surface area contributed by atoms with Gasteiger partial charge in [-0.1, -0.05) is 370 Å². The van der Waals surface area contributed by atoms with Crippen LogP contribution in [0, 0.1) is 0 Å². The van der Waals surface area contributed by atoms with E-state index in [2.05, 4.69) is 231 Å². The van der Waals surface area contributed by atoms with E-state index < -0.39 is 0 Å². The van der Waals surface area contributed by atoms with Crippen LogP contribution in [-0.4, -0.2) is 49.8 Å². The summed E-state index contributed by atoms with van der Waals surface area (Å²) in [6.45, 7) is 0. The first-order valence-corrected chi connectivity index (χ1v) is 35.8. The molecule has 0 saturated heterocycles. The molecule has 0 unspecified atom stereocenters. The summed E-state index contributed by atoms with van der Waals surface area (Å²) in [5.74, 6) is 5.15. The van der Waals surface area contributed by atoms with E-state index in [1.54, 1.807) is 0 Å². The number of hydrogen-bond acceptors (Lipinski definition) is 10. The van der Waals surface area contributed by atoms with E-state index in [0.717, 1.165) is 128 Å². The lowest BCUT2D eigenvalue weighted by atomic mass is 9.99. The zero-order chi connectivity index (χ0) is 72.2. The molecular formula is C98H66N10. The van der Waals surface area contributed by atoms with Gasteiger partial charge in [0.2, 0.25) is 0 Å². The molecule has 0 atom stereocenters. The van der Waals surface area contributed by atoms with E-state index in [-0.39, 0.29) is 0 Å². The van der Waals surface area contributed by atoms with Crippen molar-refractivity contribution in [3.63, 3.8) is 0 Å². The quantitative estimate of drug-likeness (QED) is 0.0922. The summed E-state index contributed by atoms with van der Waals surface area (Å²) in [6, 6.07) is 136. The molecule has 4 aromatic heterocycles. The molecule has 4 heterocycles.